The first-order chi connectivity index (χ1) is 14.0. The molecule has 4 rings (SSSR count). The van der Waals surface area contributed by atoms with Gasteiger partial charge in [-0.1, -0.05) is 22.0 Å². The summed E-state index contributed by atoms with van der Waals surface area (Å²) in [6, 6.07) is 14.1. The standard InChI is InChI=1S/C24H24BrN3O/c1-15-5-7-27-22(9-15)23(18-3-4-18)28-24(29)21-12-17(14-25)11-20(13-21)19-6-8-26-16(2)10-19/h5-13,18,23H,3-4,14H2,1-2H3,(H,28,29). The van der Waals surface area contributed by atoms with Crippen LogP contribution in [0.5, 0.6) is 0 Å². The Morgan fingerprint density at radius 2 is 1.86 bits per heavy atom. The summed E-state index contributed by atoms with van der Waals surface area (Å²) in [6.07, 6.45) is 5.88. The molecule has 0 aliphatic heterocycles. The molecule has 4 nitrogen and oxygen atoms in total. The lowest BCUT2D eigenvalue weighted by molar-refractivity contribution is 0.0930. The highest BCUT2D eigenvalue weighted by molar-refractivity contribution is 9.08. The summed E-state index contributed by atoms with van der Waals surface area (Å²) in [5.41, 5.74) is 6.89. The van der Waals surface area contributed by atoms with Crippen LogP contribution in [0.25, 0.3) is 11.1 Å². The second-order valence-corrected chi connectivity index (χ2v) is 8.35. The number of rotatable bonds is 6. The Morgan fingerprint density at radius 3 is 2.55 bits per heavy atom. The minimum absolute atomic E-state index is 0.0401. The van der Waals surface area contributed by atoms with Gasteiger partial charge in [0.2, 0.25) is 0 Å². The number of pyridine rings is 2. The van der Waals surface area contributed by atoms with Gasteiger partial charge >= 0.3 is 0 Å². The van der Waals surface area contributed by atoms with Crippen molar-refractivity contribution >= 4 is 21.8 Å². The zero-order valence-corrected chi connectivity index (χ0v) is 18.2. The lowest BCUT2D eigenvalue weighted by Crippen LogP contribution is -2.30. The Hall–Kier alpha value is -2.53. The van der Waals surface area contributed by atoms with E-state index in [9.17, 15) is 4.79 Å². The number of hydrogen-bond acceptors (Lipinski definition) is 3. The molecule has 1 N–H and O–H groups in total. The fourth-order valence-electron chi connectivity index (χ4n) is 3.61. The number of hydrogen-bond donors (Lipinski definition) is 1. The van der Waals surface area contributed by atoms with Crippen LogP contribution in [0.15, 0.2) is 54.9 Å². The first-order valence-electron chi connectivity index (χ1n) is 9.90. The van der Waals surface area contributed by atoms with Crippen LogP contribution in [0.3, 0.4) is 0 Å². The molecule has 1 aliphatic carbocycles. The summed E-state index contributed by atoms with van der Waals surface area (Å²) in [5.74, 6) is 0.412. The van der Waals surface area contributed by atoms with Gasteiger partial charge in [0.15, 0.2) is 0 Å². The number of halogens is 1. The Balaban J connectivity index is 1.64. The summed E-state index contributed by atoms with van der Waals surface area (Å²) in [6.45, 7) is 4.03. The van der Waals surface area contributed by atoms with Gasteiger partial charge in [0.25, 0.3) is 5.91 Å². The smallest absolute Gasteiger partial charge is 0.251 e. The fraction of sp³-hybridized carbons (Fsp3) is 0.292. The average molecular weight is 450 g/mol. The normalized spacial score (nSPS) is 14.4. The van der Waals surface area contributed by atoms with Crippen LogP contribution in [-0.4, -0.2) is 15.9 Å². The van der Waals surface area contributed by atoms with Crippen LogP contribution < -0.4 is 5.32 Å². The van der Waals surface area contributed by atoms with Crippen LogP contribution in [0.2, 0.25) is 0 Å². The molecular weight excluding hydrogens is 426 g/mol. The lowest BCUT2D eigenvalue weighted by Gasteiger charge is -2.19. The number of carbonyl (C=O) groups excluding carboxylic acids is 1. The molecule has 1 atom stereocenters. The van der Waals surface area contributed by atoms with Gasteiger partial charge in [-0.3, -0.25) is 14.8 Å². The SMILES string of the molecule is Cc1ccnc(C(NC(=O)c2cc(CBr)cc(-c3ccnc(C)c3)c2)C2CC2)c1. The predicted molar refractivity (Wildman–Crippen MR) is 119 cm³/mol. The van der Waals surface area contributed by atoms with Crippen molar-refractivity contribution in [1.82, 2.24) is 15.3 Å². The van der Waals surface area contributed by atoms with Gasteiger partial charge < -0.3 is 5.32 Å². The van der Waals surface area contributed by atoms with Crippen LogP contribution >= 0.6 is 15.9 Å². The minimum Gasteiger partial charge on any atom is -0.343 e. The Morgan fingerprint density at radius 1 is 1.07 bits per heavy atom. The van der Waals surface area contributed by atoms with Crippen molar-refractivity contribution in [2.45, 2.75) is 38.1 Å². The number of nitrogens with one attached hydrogen (secondary N) is 1. The maximum absolute atomic E-state index is 13.2. The maximum atomic E-state index is 13.2. The summed E-state index contributed by atoms with van der Waals surface area (Å²) < 4.78 is 0. The molecule has 0 radical (unpaired) electrons. The molecule has 1 fully saturated rings. The first-order valence-corrected chi connectivity index (χ1v) is 11.0. The Bertz CT molecular complexity index is 1050. The molecular formula is C24H24BrN3O. The third-order valence-electron chi connectivity index (χ3n) is 5.27. The number of carbonyl (C=O) groups is 1. The predicted octanol–water partition coefficient (Wildman–Crippen LogP) is 5.54. The molecule has 2 heterocycles. The van der Waals surface area contributed by atoms with Crippen molar-refractivity contribution in [1.29, 1.82) is 0 Å². The Kier molecular flexibility index (Phi) is 5.76. The van der Waals surface area contributed by atoms with Crippen molar-refractivity contribution in [2.75, 3.05) is 0 Å². The van der Waals surface area contributed by atoms with Crippen molar-refractivity contribution in [3.8, 4) is 11.1 Å². The number of aromatic nitrogens is 2. The van der Waals surface area contributed by atoms with Crippen molar-refractivity contribution < 1.29 is 4.79 Å². The van der Waals surface area contributed by atoms with E-state index in [0.717, 1.165) is 46.5 Å². The molecule has 1 unspecified atom stereocenters. The average Bonchev–Trinajstić information content (AvgIpc) is 3.56. The summed E-state index contributed by atoms with van der Waals surface area (Å²) in [5, 5.41) is 3.94. The molecule has 1 aromatic carbocycles. The van der Waals surface area contributed by atoms with Crippen molar-refractivity contribution in [2.24, 2.45) is 5.92 Å². The second-order valence-electron chi connectivity index (χ2n) is 7.78. The number of benzene rings is 1. The van der Waals surface area contributed by atoms with E-state index in [1.54, 1.807) is 6.20 Å². The molecule has 3 aromatic rings. The fourth-order valence-corrected chi connectivity index (χ4v) is 3.93. The molecule has 148 valence electrons. The molecule has 0 bridgehead atoms. The topological polar surface area (TPSA) is 54.9 Å². The third kappa shape index (κ3) is 4.73. The van der Waals surface area contributed by atoms with E-state index in [0.29, 0.717) is 16.8 Å². The van der Waals surface area contributed by atoms with Gasteiger partial charge in [0, 0.05) is 29.0 Å². The minimum atomic E-state index is -0.0555. The second kappa shape index (κ2) is 8.46. The molecule has 2 aromatic heterocycles. The first kappa shape index (κ1) is 19.8. The van der Waals surface area contributed by atoms with E-state index in [1.165, 1.54) is 0 Å². The third-order valence-corrected chi connectivity index (χ3v) is 5.92. The largest absolute Gasteiger partial charge is 0.343 e. The van der Waals surface area contributed by atoms with Crippen molar-refractivity contribution in [3.63, 3.8) is 0 Å². The van der Waals surface area contributed by atoms with E-state index in [1.807, 2.05) is 43.5 Å². The highest BCUT2D eigenvalue weighted by Crippen LogP contribution is 2.40. The summed E-state index contributed by atoms with van der Waals surface area (Å²) >= 11 is 3.54. The van der Waals surface area contributed by atoms with Crippen LogP contribution in [0.4, 0.5) is 0 Å². The van der Waals surface area contributed by atoms with Gasteiger partial charge in [0.05, 0.1) is 11.7 Å². The summed E-state index contributed by atoms with van der Waals surface area (Å²) in [7, 11) is 0. The Labute approximate surface area is 179 Å². The molecule has 0 saturated heterocycles. The zero-order valence-electron chi connectivity index (χ0n) is 16.7. The molecule has 1 aliphatic rings. The zero-order chi connectivity index (χ0) is 20.4. The number of aryl methyl sites for hydroxylation is 2. The monoisotopic (exact) mass is 449 g/mol. The van der Waals surface area contributed by atoms with Gasteiger partial charge in [0.1, 0.15) is 0 Å². The van der Waals surface area contributed by atoms with E-state index in [2.05, 4.69) is 50.3 Å². The van der Waals surface area contributed by atoms with Crippen LogP contribution in [-0.2, 0) is 5.33 Å². The molecule has 1 saturated carbocycles. The highest BCUT2D eigenvalue weighted by Gasteiger charge is 2.34. The maximum Gasteiger partial charge on any atom is 0.251 e. The molecule has 1 amide bonds. The van der Waals surface area contributed by atoms with Gasteiger partial charge in [-0.15, -0.1) is 0 Å². The van der Waals surface area contributed by atoms with Gasteiger partial charge in [-0.25, -0.2) is 0 Å². The van der Waals surface area contributed by atoms with E-state index < -0.39 is 0 Å². The molecule has 29 heavy (non-hydrogen) atoms. The number of alkyl halides is 1. The van der Waals surface area contributed by atoms with E-state index in [-0.39, 0.29) is 11.9 Å². The number of amides is 1. The van der Waals surface area contributed by atoms with Gasteiger partial charge in [-0.05, 0) is 91.3 Å². The van der Waals surface area contributed by atoms with Gasteiger partial charge in [-0.2, -0.15) is 0 Å². The molecule has 0 spiro atoms. The summed E-state index contributed by atoms with van der Waals surface area (Å²) in [4.78, 5) is 22.0. The number of nitrogens with zero attached hydrogens (tertiary/aromatic N) is 2. The van der Waals surface area contributed by atoms with Crippen molar-refractivity contribution in [3.05, 3.63) is 82.9 Å². The van der Waals surface area contributed by atoms with E-state index in [4.69, 9.17) is 0 Å². The van der Waals surface area contributed by atoms with Crippen LogP contribution in [0.1, 0.15) is 51.8 Å². The van der Waals surface area contributed by atoms with E-state index >= 15 is 0 Å². The molecule has 5 heteroatoms. The van der Waals surface area contributed by atoms with Crippen LogP contribution in [0, 0.1) is 19.8 Å². The lowest BCUT2D eigenvalue weighted by atomic mass is 9.99. The highest BCUT2D eigenvalue weighted by atomic mass is 79.9. The quantitative estimate of drug-likeness (QED) is 0.502.